The van der Waals surface area contributed by atoms with Crippen molar-refractivity contribution in [3.63, 3.8) is 0 Å². The third kappa shape index (κ3) is 6.87. The van der Waals surface area contributed by atoms with Crippen molar-refractivity contribution in [1.29, 1.82) is 0 Å². The van der Waals surface area contributed by atoms with Crippen LogP contribution in [0.3, 0.4) is 0 Å². The molecule has 1 saturated carbocycles. The van der Waals surface area contributed by atoms with E-state index >= 15 is 0 Å². The van der Waals surface area contributed by atoms with Gasteiger partial charge in [0.2, 0.25) is 0 Å². The summed E-state index contributed by atoms with van der Waals surface area (Å²) in [4.78, 5) is 0. The molecule has 0 radical (unpaired) electrons. The molecule has 1 aliphatic rings. The molecule has 0 aromatic carbocycles. The summed E-state index contributed by atoms with van der Waals surface area (Å²) in [5.41, 5.74) is 0. The SMILES string of the molecule is CS(=O)(=O)CCOCCNC1CCCC1. The summed E-state index contributed by atoms with van der Waals surface area (Å²) in [7, 11) is -2.87. The zero-order valence-corrected chi connectivity index (χ0v) is 10.2. The zero-order valence-electron chi connectivity index (χ0n) is 9.37. The minimum absolute atomic E-state index is 0.121. The molecular formula is C10H21NO3S. The lowest BCUT2D eigenvalue weighted by Crippen LogP contribution is -2.29. The van der Waals surface area contributed by atoms with E-state index in [2.05, 4.69) is 5.32 Å². The van der Waals surface area contributed by atoms with E-state index in [0.29, 0.717) is 19.3 Å². The van der Waals surface area contributed by atoms with E-state index in [1.54, 1.807) is 0 Å². The maximum absolute atomic E-state index is 10.8. The average molecular weight is 235 g/mol. The Morgan fingerprint density at radius 3 is 2.53 bits per heavy atom. The summed E-state index contributed by atoms with van der Waals surface area (Å²) in [5.74, 6) is 0.121. The quantitative estimate of drug-likeness (QED) is 0.656. The van der Waals surface area contributed by atoms with Crippen LogP contribution in [0, 0.1) is 0 Å². The van der Waals surface area contributed by atoms with Crippen molar-refractivity contribution in [2.24, 2.45) is 0 Å². The van der Waals surface area contributed by atoms with Gasteiger partial charge in [-0.2, -0.15) is 0 Å². The topological polar surface area (TPSA) is 55.4 Å². The molecule has 0 aromatic heterocycles. The third-order valence-corrected chi connectivity index (χ3v) is 3.54. The van der Waals surface area contributed by atoms with Crippen molar-refractivity contribution in [1.82, 2.24) is 5.32 Å². The highest BCUT2D eigenvalue weighted by Gasteiger charge is 2.13. The molecule has 0 saturated heterocycles. The summed E-state index contributed by atoms with van der Waals surface area (Å²) < 4.78 is 26.8. The lowest BCUT2D eigenvalue weighted by Gasteiger charge is -2.11. The molecule has 0 spiro atoms. The molecule has 0 atom stereocenters. The Balaban J connectivity index is 1.89. The van der Waals surface area contributed by atoms with Gasteiger partial charge in [-0.1, -0.05) is 12.8 Å². The Morgan fingerprint density at radius 2 is 1.93 bits per heavy atom. The van der Waals surface area contributed by atoms with E-state index in [-0.39, 0.29) is 5.75 Å². The molecule has 0 aromatic rings. The van der Waals surface area contributed by atoms with Crippen LogP contribution < -0.4 is 5.32 Å². The van der Waals surface area contributed by atoms with Crippen LogP contribution in [0.25, 0.3) is 0 Å². The summed E-state index contributed by atoms with van der Waals surface area (Å²) >= 11 is 0. The smallest absolute Gasteiger partial charge is 0.149 e. The minimum atomic E-state index is -2.87. The fourth-order valence-corrected chi connectivity index (χ4v) is 2.20. The van der Waals surface area contributed by atoms with Crippen molar-refractivity contribution in [3.05, 3.63) is 0 Å². The highest BCUT2D eigenvalue weighted by Crippen LogP contribution is 2.17. The van der Waals surface area contributed by atoms with E-state index in [0.717, 1.165) is 6.54 Å². The van der Waals surface area contributed by atoms with Gasteiger partial charge in [-0.15, -0.1) is 0 Å². The fourth-order valence-electron chi connectivity index (χ4n) is 1.78. The van der Waals surface area contributed by atoms with E-state index in [1.165, 1.54) is 31.9 Å². The lowest BCUT2D eigenvalue weighted by molar-refractivity contribution is 0.148. The van der Waals surface area contributed by atoms with Crippen molar-refractivity contribution in [2.45, 2.75) is 31.7 Å². The predicted octanol–water partition coefficient (Wildman–Crippen LogP) is 0.580. The highest BCUT2D eigenvalue weighted by molar-refractivity contribution is 7.90. The van der Waals surface area contributed by atoms with E-state index in [9.17, 15) is 8.42 Å². The number of hydrogen-bond donors (Lipinski definition) is 1. The van der Waals surface area contributed by atoms with Crippen LogP contribution in [0.4, 0.5) is 0 Å². The summed E-state index contributed by atoms with van der Waals surface area (Å²) in [5, 5.41) is 3.40. The molecule has 5 heteroatoms. The molecule has 4 nitrogen and oxygen atoms in total. The fraction of sp³-hybridized carbons (Fsp3) is 1.00. The maximum Gasteiger partial charge on any atom is 0.149 e. The van der Waals surface area contributed by atoms with Crippen LogP contribution in [-0.4, -0.2) is 46.2 Å². The normalized spacial score (nSPS) is 18.5. The second kappa shape index (κ2) is 6.45. The van der Waals surface area contributed by atoms with Crippen molar-refractivity contribution in [3.8, 4) is 0 Å². The number of rotatable bonds is 7. The van der Waals surface area contributed by atoms with Crippen LogP contribution in [0.2, 0.25) is 0 Å². The van der Waals surface area contributed by atoms with Crippen molar-refractivity contribution < 1.29 is 13.2 Å². The van der Waals surface area contributed by atoms with Gasteiger partial charge in [-0.05, 0) is 12.8 Å². The Labute approximate surface area is 92.3 Å². The Morgan fingerprint density at radius 1 is 1.27 bits per heavy atom. The highest BCUT2D eigenvalue weighted by atomic mass is 32.2. The first-order valence-electron chi connectivity index (χ1n) is 5.57. The molecular weight excluding hydrogens is 214 g/mol. The molecule has 0 heterocycles. The number of sulfone groups is 1. The standard InChI is InChI=1S/C10H21NO3S/c1-15(12,13)9-8-14-7-6-11-10-4-2-3-5-10/h10-11H,2-9H2,1H3. The minimum Gasteiger partial charge on any atom is -0.379 e. The number of hydrogen-bond acceptors (Lipinski definition) is 4. The summed E-state index contributed by atoms with van der Waals surface area (Å²) in [6.45, 7) is 1.74. The van der Waals surface area contributed by atoms with Gasteiger partial charge >= 0.3 is 0 Å². The molecule has 0 amide bonds. The van der Waals surface area contributed by atoms with Crippen LogP contribution in [0.15, 0.2) is 0 Å². The molecule has 90 valence electrons. The van der Waals surface area contributed by atoms with E-state index < -0.39 is 9.84 Å². The third-order valence-electron chi connectivity index (χ3n) is 2.63. The molecule has 1 rings (SSSR count). The molecule has 15 heavy (non-hydrogen) atoms. The lowest BCUT2D eigenvalue weighted by atomic mass is 10.2. The first kappa shape index (κ1) is 12.9. The molecule has 0 bridgehead atoms. The Kier molecular flexibility index (Phi) is 5.56. The second-order valence-corrected chi connectivity index (χ2v) is 6.44. The molecule has 0 aliphatic heterocycles. The predicted molar refractivity (Wildman–Crippen MR) is 60.8 cm³/mol. The van der Waals surface area contributed by atoms with Crippen molar-refractivity contribution in [2.75, 3.05) is 31.8 Å². The summed E-state index contributed by atoms with van der Waals surface area (Å²) in [6, 6.07) is 0.656. The van der Waals surface area contributed by atoms with E-state index in [1.807, 2.05) is 0 Å². The van der Waals surface area contributed by atoms with Gasteiger partial charge in [0.15, 0.2) is 0 Å². The number of ether oxygens (including phenoxy) is 1. The zero-order chi connectivity index (χ0) is 11.1. The van der Waals surface area contributed by atoms with Gasteiger partial charge in [0, 0.05) is 18.8 Å². The maximum atomic E-state index is 10.8. The Hall–Kier alpha value is -0.130. The van der Waals surface area contributed by atoms with Gasteiger partial charge in [-0.3, -0.25) is 0 Å². The average Bonchev–Trinajstić information content (AvgIpc) is 2.61. The van der Waals surface area contributed by atoms with Crippen LogP contribution >= 0.6 is 0 Å². The first-order chi connectivity index (χ1) is 7.08. The van der Waals surface area contributed by atoms with E-state index in [4.69, 9.17) is 4.74 Å². The van der Waals surface area contributed by atoms with Crippen LogP contribution in [0.1, 0.15) is 25.7 Å². The Bertz CT molecular complexity index is 258. The van der Waals surface area contributed by atoms with Gasteiger partial charge in [0.25, 0.3) is 0 Å². The van der Waals surface area contributed by atoms with Crippen LogP contribution in [-0.2, 0) is 14.6 Å². The monoisotopic (exact) mass is 235 g/mol. The van der Waals surface area contributed by atoms with Gasteiger partial charge in [-0.25, -0.2) is 8.42 Å². The molecule has 0 unspecified atom stereocenters. The first-order valence-corrected chi connectivity index (χ1v) is 7.63. The van der Waals surface area contributed by atoms with Gasteiger partial charge < -0.3 is 10.1 Å². The number of nitrogens with one attached hydrogen (secondary N) is 1. The van der Waals surface area contributed by atoms with Crippen molar-refractivity contribution >= 4 is 9.84 Å². The summed E-state index contributed by atoms with van der Waals surface area (Å²) in [6.07, 6.45) is 6.42. The molecule has 1 fully saturated rings. The van der Waals surface area contributed by atoms with Gasteiger partial charge in [0.1, 0.15) is 9.84 Å². The molecule has 1 N–H and O–H groups in total. The second-order valence-electron chi connectivity index (χ2n) is 4.18. The van der Waals surface area contributed by atoms with Gasteiger partial charge in [0.05, 0.1) is 19.0 Å². The van der Waals surface area contributed by atoms with Crippen LogP contribution in [0.5, 0.6) is 0 Å². The largest absolute Gasteiger partial charge is 0.379 e. The molecule has 1 aliphatic carbocycles.